The number of carbonyl (C=O) groups is 1. The number of hydrogen-bond acceptors (Lipinski definition) is 3. The summed E-state index contributed by atoms with van der Waals surface area (Å²) >= 11 is 0. The molecule has 6 heteroatoms. The smallest absolute Gasteiger partial charge is 0.238 e. The highest BCUT2D eigenvalue weighted by Crippen LogP contribution is 2.17. The van der Waals surface area contributed by atoms with Crippen LogP contribution in [0, 0.1) is 11.6 Å². The van der Waals surface area contributed by atoms with Gasteiger partial charge in [0.1, 0.15) is 17.3 Å². The fourth-order valence-corrected chi connectivity index (χ4v) is 1.43. The van der Waals surface area contributed by atoms with E-state index in [1.54, 1.807) is 0 Å². The highest BCUT2D eigenvalue weighted by Gasteiger charge is 2.11. The van der Waals surface area contributed by atoms with Crippen molar-refractivity contribution in [2.45, 2.75) is 6.92 Å². The van der Waals surface area contributed by atoms with Crippen LogP contribution in [-0.4, -0.2) is 44.0 Å². The number of nitrogens with one attached hydrogen (secondary N) is 2. The Morgan fingerprint density at radius 1 is 1.32 bits per heavy atom. The van der Waals surface area contributed by atoms with Crippen molar-refractivity contribution >= 4 is 11.6 Å². The minimum absolute atomic E-state index is 0.0192. The van der Waals surface area contributed by atoms with Crippen molar-refractivity contribution in [1.29, 1.82) is 0 Å². The first-order valence-electron chi connectivity index (χ1n) is 6.17. The van der Waals surface area contributed by atoms with E-state index >= 15 is 0 Å². The Kier molecular flexibility index (Phi) is 6.38. The molecule has 1 rings (SSSR count). The Balaban J connectivity index is 2.35. The summed E-state index contributed by atoms with van der Waals surface area (Å²) in [4.78, 5) is 13.6. The third-order valence-corrected chi connectivity index (χ3v) is 2.72. The largest absolute Gasteiger partial charge is 0.320 e. The van der Waals surface area contributed by atoms with Crippen molar-refractivity contribution < 1.29 is 13.6 Å². The van der Waals surface area contributed by atoms with Crippen LogP contribution in [-0.2, 0) is 4.79 Å². The molecule has 106 valence electrons. The lowest BCUT2D eigenvalue weighted by atomic mass is 10.3. The normalized spacial score (nSPS) is 10.8. The summed E-state index contributed by atoms with van der Waals surface area (Å²) in [6.07, 6.45) is 0. The first kappa shape index (κ1) is 15.5. The number of carbonyl (C=O) groups excluding carboxylic acids is 1. The second kappa shape index (κ2) is 7.81. The van der Waals surface area contributed by atoms with Gasteiger partial charge in [0.15, 0.2) is 0 Å². The zero-order valence-electron chi connectivity index (χ0n) is 11.2. The van der Waals surface area contributed by atoms with Gasteiger partial charge in [-0.1, -0.05) is 13.0 Å². The van der Waals surface area contributed by atoms with Gasteiger partial charge in [0.05, 0.1) is 6.54 Å². The standard InChI is InChI=1S/C13H19F2N3O/c1-3-18(2)8-7-16-9-12(19)17-13-10(14)5-4-6-11(13)15/h4-6,16H,3,7-9H2,1-2H3,(H,17,19). The average molecular weight is 271 g/mol. The van der Waals surface area contributed by atoms with E-state index < -0.39 is 23.2 Å². The minimum Gasteiger partial charge on any atom is -0.320 e. The van der Waals surface area contributed by atoms with Gasteiger partial charge in [-0.25, -0.2) is 8.78 Å². The molecular weight excluding hydrogens is 252 g/mol. The van der Waals surface area contributed by atoms with Crippen LogP contribution in [0.5, 0.6) is 0 Å². The van der Waals surface area contributed by atoms with Crippen LogP contribution in [0.4, 0.5) is 14.5 Å². The fraction of sp³-hybridized carbons (Fsp3) is 0.462. The molecule has 0 saturated carbocycles. The zero-order valence-corrected chi connectivity index (χ0v) is 11.2. The summed E-state index contributed by atoms with van der Waals surface area (Å²) in [5.74, 6) is -2.03. The molecule has 1 aromatic rings. The SMILES string of the molecule is CCN(C)CCNCC(=O)Nc1c(F)cccc1F. The molecule has 0 aliphatic carbocycles. The predicted octanol–water partition coefficient (Wildman–Crippen LogP) is 1.44. The van der Waals surface area contributed by atoms with Crippen LogP contribution in [0.2, 0.25) is 0 Å². The average Bonchev–Trinajstić information content (AvgIpc) is 2.39. The van der Waals surface area contributed by atoms with Gasteiger partial charge in [0, 0.05) is 13.1 Å². The van der Waals surface area contributed by atoms with E-state index in [9.17, 15) is 13.6 Å². The minimum atomic E-state index is -0.779. The van der Waals surface area contributed by atoms with Gasteiger partial charge in [0.2, 0.25) is 5.91 Å². The maximum absolute atomic E-state index is 13.3. The number of likely N-dealkylation sites (N-methyl/N-ethyl adjacent to an activating group) is 1. The number of halogens is 2. The number of nitrogens with zero attached hydrogens (tertiary/aromatic N) is 1. The van der Waals surface area contributed by atoms with Gasteiger partial charge >= 0.3 is 0 Å². The molecule has 0 radical (unpaired) electrons. The quantitative estimate of drug-likeness (QED) is 0.738. The third kappa shape index (κ3) is 5.32. The molecule has 0 saturated heterocycles. The van der Waals surface area contributed by atoms with Gasteiger partial charge in [-0.3, -0.25) is 4.79 Å². The number of benzene rings is 1. The second-order valence-electron chi connectivity index (χ2n) is 4.22. The lowest BCUT2D eigenvalue weighted by Gasteiger charge is -2.14. The third-order valence-electron chi connectivity index (χ3n) is 2.72. The van der Waals surface area contributed by atoms with E-state index in [2.05, 4.69) is 15.5 Å². The maximum atomic E-state index is 13.3. The van der Waals surface area contributed by atoms with E-state index in [1.807, 2.05) is 14.0 Å². The number of para-hydroxylation sites is 1. The van der Waals surface area contributed by atoms with Crippen LogP contribution in [0.1, 0.15) is 6.92 Å². The molecule has 0 heterocycles. The highest BCUT2D eigenvalue weighted by atomic mass is 19.1. The molecule has 0 aliphatic rings. The summed E-state index contributed by atoms with van der Waals surface area (Å²) in [5, 5.41) is 5.13. The summed E-state index contributed by atoms with van der Waals surface area (Å²) < 4.78 is 26.5. The van der Waals surface area contributed by atoms with Crippen molar-refractivity contribution in [3.05, 3.63) is 29.8 Å². The van der Waals surface area contributed by atoms with Crippen LogP contribution in [0.3, 0.4) is 0 Å². The predicted molar refractivity (Wildman–Crippen MR) is 71.0 cm³/mol. The van der Waals surface area contributed by atoms with E-state index in [0.717, 1.165) is 25.2 Å². The molecular formula is C13H19F2N3O. The molecule has 1 aromatic carbocycles. The van der Waals surface area contributed by atoms with Crippen LogP contribution in [0.15, 0.2) is 18.2 Å². The van der Waals surface area contributed by atoms with Crippen molar-refractivity contribution in [2.24, 2.45) is 0 Å². The van der Waals surface area contributed by atoms with Gasteiger partial charge in [0.25, 0.3) is 0 Å². The van der Waals surface area contributed by atoms with Gasteiger partial charge in [-0.15, -0.1) is 0 Å². The molecule has 4 nitrogen and oxygen atoms in total. The Bertz CT molecular complexity index is 406. The van der Waals surface area contributed by atoms with Crippen LogP contribution >= 0.6 is 0 Å². The molecule has 0 fully saturated rings. The molecule has 19 heavy (non-hydrogen) atoms. The molecule has 0 spiro atoms. The topological polar surface area (TPSA) is 44.4 Å². The van der Waals surface area contributed by atoms with Crippen molar-refractivity contribution in [3.8, 4) is 0 Å². The van der Waals surface area contributed by atoms with E-state index in [-0.39, 0.29) is 6.54 Å². The number of amides is 1. The molecule has 0 aliphatic heterocycles. The molecule has 0 unspecified atom stereocenters. The van der Waals surface area contributed by atoms with Crippen molar-refractivity contribution in [1.82, 2.24) is 10.2 Å². The first-order valence-corrected chi connectivity index (χ1v) is 6.17. The Morgan fingerprint density at radius 3 is 2.53 bits per heavy atom. The van der Waals surface area contributed by atoms with Crippen molar-refractivity contribution in [2.75, 3.05) is 38.5 Å². The van der Waals surface area contributed by atoms with Gasteiger partial charge in [-0.2, -0.15) is 0 Å². The van der Waals surface area contributed by atoms with Gasteiger partial charge < -0.3 is 15.5 Å². The summed E-state index contributed by atoms with van der Waals surface area (Å²) in [6, 6.07) is 3.45. The number of anilines is 1. The summed E-state index contributed by atoms with van der Waals surface area (Å²) in [5.41, 5.74) is -0.403. The molecule has 0 atom stereocenters. The number of hydrogen-bond donors (Lipinski definition) is 2. The van der Waals surface area contributed by atoms with Crippen molar-refractivity contribution in [3.63, 3.8) is 0 Å². The van der Waals surface area contributed by atoms with E-state index in [0.29, 0.717) is 6.54 Å². The molecule has 0 aromatic heterocycles. The Morgan fingerprint density at radius 2 is 1.95 bits per heavy atom. The summed E-state index contributed by atoms with van der Waals surface area (Å²) in [6.45, 7) is 4.42. The molecule has 1 amide bonds. The van der Waals surface area contributed by atoms with Gasteiger partial charge in [-0.05, 0) is 25.7 Å². The van der Waals surface area contributed by atoms with E-state index in [1.165, 1.54) is 6.07 Å². The number of rotatable bonds is 7. The maximum Gasteiger partial charge on any atom is 0.238 e. The zero-order chi connectivity index (χ0) is 14.3. The first-order chi connectivity index (χ1) is 9.04. The van der Waals surface area contributed by atoms with E-state index in [4.69, 9.17) is 0 Å². The Labute approximate surface area is 111 Å². The lowest BCUT2D eigenvalue weighted by molar-refractivity contribution is -0.115. The monoisotopic (exact) mass is 271 g/mol. The second-order valence-corrected chi connectivity index (χ2v) is 4.22. The molecule has 2 N–H and O–H groups in total. The van der Waals surface area contributed by atoms with Crippen LogP contribution in [0.25, 0.3) is 0 Å². The summed E-state index contributed by atoms with van der Waals surface area (Å²) in [7, 11) is 1.97. The van der Waals surface area contributed by atoms with Crippen LogP contribution < -0.4 is 10.6 Å². The fourth-order valence-electron chi connectivity index (χ4n) is 1.43. The molecule has 0 bridgehead atoms. The lowest BCUT2D eigenvalue weighted by Crippen LogP contribution is -2.34. The Hall–Kier alpha value is -1.53. The highest BCUT2D eigenvalue weighted by molar-refractivity contribution is 5.92.